The highest BCUT2D eigenvalue weighted by Gasteiger charge is 2.41. The number of piperidine rings is 1. The lowest BCUT2D eigenvalue weighted by atomic mass is 10.1. The van der Waals surface area contributed by atoms with E-state index in [0.717, 1.165) is 6.07 Å². The minimum Gasteiger partial charge on any atom is -0.472 e. The molecule has 2 N–H and O–H groups in total. The van der Waals surface area contributed by atoms with Gasteiger partial charge in [-0.3, -0.25) is 4.79 Å². The average Bonchev–Trinajstić information content (AvgIpc) is 3.24. The highest BCUT2D eigenvalue weighted by molar-refractivity contribution is 5.89. The van der Waals surface area contributed by atoms with Crippen LogP contribution in [0.2, 0.25) is 0 Å². The fourth-order valence-corrected chi connectivity index (χ4v) is 3.01. The number of halogens is 6. The molecular formula is C18H17F6N5O5. The van der Waals surface area contributed by atoms with Gasteiger partial charge in [0.1, 0.15) is 11.8 Å². The lowest BCUT2D eigenvalue weighted by Gasteiger charge is -2.31. The number of hydrogen-bond donors (Lipinski definition) is 1. The maximum absolute atomic E-state index is 13.1. The second kappa shape index (κ2) is 9.82. The molecule has 0 saturated carbocycles. The monoisotopic (exact) mass is 497 g/mol. The molecule has 1 amide bonds. The molecule has 10 nitrogen and oxygen atoms in total. The van der Waals surface area contributed by atoms with Crippen LogP contribution in [-0.4, -0.2) is 57.3 Å². The number of carbonyl (C=O) groups is 2. The first-order valence-corrected chi connectivity index (χ1v) is 9.67. The van der Waals surface area contributed by atoms with Gasteiger partial charge in [0.25, 0.3) is 5.89 Å². The van der Waals surface area contributed by atoms with Crippen molar-refractivity contribution < 1.29 is 49.8 Å². The molecule has 3 rings (SSSR count). The van der Waals surface area contributed by atoms with Crippen LogP contribution in [0, 0.1) is 0 Å². The summed E-state index contributed by atoms with van der Waals surface area (Å²) in [6, 6.07) is 2.07. The van der Waals surface area contributed by atoms with Crippen molar-refractivity contribution in [3.8, 4) is 5.88 Å². The maximum atomic E-state index is 13.1. The molecule has 1 saturated heterocycles. The molecular weight excluding hydrogens is 480 g/mol. The van der Waals surface area contributed by atoms with Crippen LogP contribution < -0.4 is 10.5 Å². The van der Waals surface area contributed by atoms with Crippen LogP contribution in [0.4, 0.5) is 26.3 Å². The van der Waals surface area contributed by atoms with Gasteiger partial charge in [0.15, 0.2) is 6.61 Å². The third kappa shape index (κ3) is 6.33. The SMILES string of the molecule is NCc1cc(O[C@H]2CCCN(C(=O)c3nnc(COC(=O)C(F)(F)F)o3)C2)nc(C(F)(F)F)c1. The maximum Gasteiger partial charge on any atom is 0.490 e. The van der Waals surface area contributed by atoms with Crippen molar-refractivity contribution in [3.63, 3.8) is 0 Å². The highest BCUT2D eigenvalue weighted by Crippen LogP contribution is 2.30. The Hall–Kier alpha value is -3.43. The number of nitrogens with zero attached hydrogens (tertiary/aromatic N) is 4. The van der Waals surface area contributed by atoms with Crippen LogP contribution >= 0.6 is 0 Å². The fraction of sp³-hybridized carbons (Fsp3) is 0.500. The number of esters is 1. The van der Waals surface area contributed by atoms with Gasteiger partial charge in [0.2, 0.25) is 5.88 Å². The first kappa shape index (κ1) is 25.2. The number of likely N-dealkylation sites (tertiary alicyclic amines) is 1. The number of nitrogens with two attached hydrogens (primary N) is 1. The van der Waals surface area contributed by atoms with Crippen molar-refractivity contribution in [2.75, 3.05) is 13.1 Å². The first-order valence-electron chi connectivity index (χ1n) is 9.67. The van der Waals surface area contributed by atoms with Crippen molar-refractivity contribution in [3.05, 3.63) is 35.2 Å². The number of alkyl halides is 6. The van der Waals surface area contributed by atoms with Gasteiger partial charge in [0, 0.05) is 19.2 Å². The number of aromatic nitrogens is 3. The average molecular weight is 497 g/mol. The van der Waals surface area contributed by atoms with E-state index < -0.39 is 54.4 Å². The minimum atomic E-state index is -5.21. The highest BCUT2D eigenvalue weighted by atomic mass is 19.4. The zero-order chi connectivity index (χ0) is 25.1. The molecule has 2 aromatic heterocycles. The van der Waals surface area contributed by atoms with Gasteiger partial charge in [-0.1, -0.05) is 0 Å². The van der Waals surface area contributed by atoms with Crippen LogP contribution in [0.25, 0.3) is 0 Å². The molecule has 0 aromatic carbocycles. The Labute approximate surface area is 187 Å². The molecule has 0 bridgehead atoms. The molecule has 1 aliphatic rings. The number of amides is 1. The smallest absolute Gasteiger partial charge is 0.472 e. The normalized spacial score (nSPS) is 16.9. The number of carbonyl (C=O) groups excluding carboxylic acids is 2. The van der Waals surface area contributed by atoms with Gasteiger partial charge in [-0.2, -0.15) is 26.3 Å². The summed E-state index contributed by atoms with van der Waals surface area (Å²) in [5, 5.41) is 6.79. The predicted molar refractivity (Wildman–Crippen MR) is 96.8 cm³/mol. The molecule has 2 aromatic rings. The quantitative estimate of drug-likeness (QED) is 0.471. The Balaban J connectivity index is 1.64. The molecule has 0 spiro atoms. The van der Waals surface area contributed by atoms with Crippen LogP contribution in [0.1, 0.15) is 40.7 Å². The van der Waals surface area contributed by atoms with Gasteiger partial charge in [0.05, 0.1) is 6.54 Å². The predicted octanol–water partition coefficient (Wildman–Crippen LogP) is 2.23. The standard InChI is InChI=1S/C18H17F6N5O5/c19-17(20,21)11-4-9(6-25)5-12(26-11)33-10-2-1-3-29(7-10)15(30)14-28-27-13(34-14)8-32-16(31)18(22,23)24/h4-5,10H,1-3,6-8,25H2/t10-/m0/s1. The first-order chi connectivity index (χ1) is 15.9. The van der Waals surface area contributed by atoms with Crippen LogP contribution in [-0.2, 0) is 28.9 Å². The Bertz CT molecular complexity index is 1040. The van der Waals surface area contributed by atoms with E-state index in [0.29, 0.717) is 12.8 Å². The molecule has 1 atom stereocenters. The molecule has 0 unspecified atom stereocenters. The van der Waals surface area contributed by atoms with Gasteiger partial charge < -0.3 is 24.5 Å². The fourth-order valence-electron chi connectivity index (χ4n) is 3.01. The van der Waals surface area contributed by atoms with Gasteiger partial charge in [-0.15, -0.1) is 10.2 Å². The van der Waals surface area contributed by atoms with E-state index in [2.05, 4.69) is 19.9 Å². The van der Waals surface area contributed by atoms with Gasteiger partial charge in [-0.25, -0.2) is 9.78 Å². The largest absolute Gasteiger partial charge is 0.490 e. The lowest BCUT2D eigenvalue weighted by Crippen LogP contribution is -2.44. The summed E-state index contributed by atoms with van der Waals surface area (Å²) in [6.45, 7) is -0.997. The summed E-state index contributed by atoms with van der Waals surface area (Å²) < 4.78 is 90.1. The van der Waals surface area contributed by atoms with E-state index in [1.54, 1.807) is 0 Å². The lowest BCUT2D eigenvalue weighted by molar-refractivity contribution is -0.201. The van der Waals surface area contributed by atoms with Gasteiger partial charge in [-0.05, 0) is 24.5 Å². The summed E-state index contributed by atoms with van der Waals surface area (Å²) >= 11 is 0. The van der Waals surface area contributed by atoms with E-state index in [-0.39, 0.29) is 31.1 Å². The zero-order valence-corrected chi connectivity index (χ0v) is 17.1. The second-order valence-electron chi connectivity index (χ2n) is 7.11. The third-order valence-electron chi connectivity index (χ3n) is 4.55. The van der Waals surface area contributed by atoms with Crippen molar-refractivity contribution >= 4 is 11.9 Å². The van der Waals surface area contributed by atoms with E-state index in [9.17, 15) is 35.9 Å². The summed E-state index contributed by atoms with van der Waals surface area (Å²) in [6.07, 6.45) is -9.80. The van der Waals surface area contributed by atoms with Gasteiger partial charge >= 0.3 is 30.1 Å². The van der Waals surface area contributed by atoms with Crippen LogP contribution in [0.3, 0.4) is 0 Å². The Kier molecular flexibility index (Phi) is 7.28. The molecule has 1 fully saturated rings. The Morgan fingerprint density at radius 1 is 1.18 bits per heavy atom. The van der Waals surface area contributed by atoms with Crippen molar-refractivity contribution in [1.82, 2.24) is 20.1 Å². The van der Waals surface area contributed by atoms with Crippen LogP contribution in [0.15, 0.2) is 16.5 Å². The molecule has 1 aliphatic heterocycles. The molecule has 34 heavy (non-hydrogen) atoms. The van der Waals surface area contributed by atoms with E-state index >= 15 is 0 Å². The minimum absolute atomic E-state index is 0.0600. The van der Waals surface area contributed by atoms with Crippen molar-refractivity contribution in [1.29, 1.82) is 0 Å². The summed E-state index contributed by atoms with van der Waals surface area (Å²) in [7, 11) is 0. The summed E-state index contributed by atoms with van der Waals surface area (Å²) in [5.74, 6) is -4.65. The summed E-state index contributed by atoms with van der Waals surface area (Å²) in [5.41, 5.74) is 4.43. The van der Waals surface area contributed by atoms with Crippen molar-refractivity contribution in [2.24, 2.45) is 5.73 Å². The number of ether oxygens (including phenoxy) is 2. The summed E-state index contributed by atoms with van der Waals surface area (Å²) in [4.78, 5) is 28.0. The van der Waals surface area contributed by atoms with E-state index in [4.69, 9.17) is 14.9 Å². The van der Waals surface area contributed by atoms with Crippen LogP contribution in [0.5, 0.6) is 5.88 Å². The molecule has 186 valence electrons. The Morgan fingerprint density at radius 2 is 1.91 bits per heavy atom. The number of rotatable bonds is 6. The second-order valence-corrected chi connectivity index (χ2v) is 7.11. The molecule has 3 heterocycles. The zero-order valence-electron chi connectivity index (χ0n) is 17.1. The molecule has 16 heteroatoms. The Morgan fingerprint density at radius 3 is 2.56 bits per heavy atom. The molecule has 0 radical (unpaired) electrons. The topological polar surface area (TPSA) is 134 Å². The van der Waals surface area contributed by atoms with E-state index in [1.807, 2.05) is 0 Å². The molecule has 0 aliphatic carbocycles. The number of pyridine rings is 1. The number of hydrogen-bond acceptors (Lipinski definition) is 9. The van der Waals surface area contributed by atoms with E-state index in [1.165, 1.54) is 11.0 Å². The van der Waals surface area contributed by atoms with Crippen molar-refractivity contribution in [2.45, 2.75) is 44.4 Å². The third-order valence-corrected chi connectivity index (χ3v) is 4.55.